The van der Waals surface area contributed by atoms with Gasteiger partial charge in [-0.3, -0.25) is 9.59 Å². The van der Waals surface area contributed by atoms with Crippen LogP contribution in [-0.2, 0) is 25.0 Å². The van der Waals surface area contributed by atoms with E-state index in [0.717, 1.165) is 4.31 Å². The number of hydrogen-bond donors (Lipinski definition) is 1. The zero-order chi connectivity index (χ0) is 33.3. The molecule has 0 radical (unpaired) electrons. The average Bonchev–Trinajstić information content (AvgIpc) is 3.19. The minimum absolute atomic E-state index is 0.121. The monoisotopic (exact) mass is 655 g/mol. The summed E-state index contributed by atoms with van der Waals surface area (Å²) < 4.78 is 40.1. The molecule has 10 nitrogen and oxygen atoms in total. The van der Waals surface area contributed by atoms with Crippen LogP contribution in [0.4, 0.5) is 5.69 Å². The second-order valence-electron chi connectivity index (χ2n) is 12.2. The van der Waals surface area contributed by atoms with Gasteiger partial charge in [0.05, 0.1) is 22.8 Å². The van der Waals surface area contributed by atoms with E-state index in [2.05, 4.69) is 5.32 Å². The molecule has 1 unspecified atom stereocenters. The summed E-state index contributed by atoms with van der Waals surface area (Å²) in [6.45, 7) is 9.91. The van der Waals surface area contributed by atoms with E-state index < -0.39 is 32.9 Å². The van der Waals surface area contributed by atoms with Crippen molar-refractivity contribution in [3.8, 4) is 5.75 Å². The van der Waals surface area contributed by atoms with Crippen molar-refractivity contribution < 1.29 is 32.3 Å². The van der Waals surface area contributed by atoms with E-state index in [4.69, 9.17) is 21.1 Å². The van der Waals surface area contributed by atoms with Crippen LogP contribution in [0.25, 0.3) is 0 Å². The maximum Gasteiger partial charge on any atom is 0.338 e. The van der Waals surface area contributed by atoms with Crippen LogP contribution >= 0.6 is 11.6 Å². The lowest BCUT2D eigenvalue weighted by Crippen LogP contribution is -2.42. The van der Waals surface area contributed by atoms with Gasteiger partial charge in [-0.1, -0.05) is 11.6 Å². The van der Waals surface area contributed by atoms with Crippen LogP contribution in [0.2, 0.25) is 5.02 Å². The molecule has 1 N–H and O–H groups in total. The number of halogens is 1. The number of likely N-dealkylation sites (N-methyl/N-ethyl adjacent to an activating group) is 1. The van der Waals surface area contributed by atoms with Crippen molar-refractivity contribution in [2.75, 3.05) is 38.2 Å². The van der Waals surface area contributed by atoms with Crippen LogP contribution < -0.4 is 14.4 Å². The molecular formula is C33H38ClN3O7S. The lowest BCUT2D eigenvalue weighted by molar-refractivity contribution is -0.120. The molecule has 3 aromatic carbocycles. The molecule has 3 aromatic rings. The Labute approximate surface area is 269 Å². The molecule has 4 rings (SSSR count). The van der Waals surface area contributed by atoms with E-state index in [1.165, 1.54) is 48.5 Å². The molecule has 1 aliphatic rings. The smallest absolute Gasteiger partial charge is 0.338 e. The van der Waals surface area contributed by atoms with E-state index in [0.29, 0.717) is 24.5 Å². The Morgan fingerprint density at radius 3 is 2.22 bits per heavy atom. The fourth-order valence-electron chi connectivity index (χ4n) is 5.01. The first kappa shape index (κ1) is 34.0. The van der Waals surface area contributed by atoms with Gasteiger partial charge in [-0.25, -0.2) is 17.5 Å². The highest BCUT2D eigenvalue weighted by atomic mass is 35.5. The summed E-state index contributed by atoms with van der Waals surface area (Å²) in [6, 6.07) is 14.5. The Hall–Kier alpha value is -3.93. The van der Waals surface area contributed by atoms with E-state index in [1.54, 1.807) is 19.1 Å². The van der Waals surface area contributed by atoms with Gasteiger partial charge in [0.25, 0.3) is 21.8 Å². The molecule has 1 heterocycles. The van der Waals surface area contributed by atoms with Crippen LogP contribution in [0.5, 0.6) is 5.75 Å². The van der Waals surface area contributed by atoms with E-state index >= 15 is 0 Å². The number of anilines is 1. The Balaban J connectivity index is 1.80. The molecule has 12 heteroatoms. The highest BCUT2D eigenvalue weighted by Gasteiger charge is 2.54. The lowest BCUT2D eigenvalue weighted by Gasteiger charge is -2.26. The summed E-state index contributed by atoms with van der Waals surface area (Å²) in [5, 5.41) is 3.00. The van der Waals surface area contributed by atoms with Crippen molar-refractivity contribution >= 4 is 45.1 Å². The molecule has 0 fully saturated rings. The number of fused-ring (bicyclic) bond motifs is 1. The number of benzene rings is 3. The fourth-order valence-corrected chi connectivity index (χ4v) is 6.83. The van der Waals surface area contributed by atoms with Crippen LogP contribution in [0.15, 0.2) is 65.6 Å². The topological polar surface area (TPSA) is 122 Å². The second kappa shape index (κ2) is 12.8. The predicted octanol–water partition coefficient (Wildman–Crippen LogP) is 5.03. The first-order chi connectivity index (χ1) is 21.0. The van der Waals surface area contributed by atoms with Gasteiger partial charge in [0.1, 0.15) is 17.8 Å². The molecule has 2 amide bonds. The summed E-state index contributed by atoms with van der Waals surface area (Å²) in [6.07, 6.45) is 0. The van der Waals surface area contributed by atoms with Crippen molar-refractivity contribution in [1.29, 1.82) is 0 Å². The zero-order valence-corrected chi connectivity index (χ0v) is 28.0. The lowest BCUT2D eigenvalue weighted by atomic mass is 9.76. The summed E-state index contributed by atoms with van der Waals surface area (Å²) >= 11 is 6.67. The SMILES string of the molecule is CCOc1ccc2c(c1)C(C)(c1cc(C(=O)OCCN(C)C)ccc1Cl)C(=O)N2S(=O)(=O)c1ccc(C(=O)NC(C)(C)C)cc1. The van der Waals surface area contributed by atoms with Gasteiger partial charge in [0, 0.05) is 28.2 Å². The first-order valence-electron chi connectivity index (χ1n) is 14.4. The Morgan fingerprint density at radius 2 is 1.62 bits per heavy atom. The normalized spacial score (nSPS) is 16.5. The number of sulfonamides is 1. The van der Waals surface area contributed by atoms with Gasteiger partial charge in [0.2, 0.25) is 0 Å². The van der Waals surface area contributed by atoms with Gasteiger partial charge in [-0.05, 0) is 115 Å². The summed E-state index contributed by atoms with van der Waals surface area (Å²) in [5.74, 6) is -1.33. The maximum absolute atomic E-state index is 14.4. The number of ether oxygens (including phenoxy) is 2. The Morgan fingerprint density at radius 1 is 0.978 bits per heavy atom. The quantitative estimate of drug-likeness (QED) is 0.302. The molecule has 45 heavy (non-hydrogen) atoms. The molecule has 0 aliphatic carbocycles. The zero-order valence-electron chi connectivity index (χ0n) is 26.4. The van der Waals surface area contributed by atoms with Crippen LogP contribution in [-0.4, -0.2) is 70.5 Å². The van der Waals surface area contributed by atoms with Crippen LogP contribution in [0.3, 0.4) is 0 Å². The van der Waals surface area contributed by atoms with Crippen molar-refractivity contribution in [3.63, 3.8) is 0 Å². The highest BCUT2D eigenvalue weighted by molar-refractivity contribution is 7.93. The average molecular weight is 656 g/mol. The summed E-state index contributed by atoms with van der Waals surface area (Å²) in [4.78, 5) is 41.7. The molecule has 0 spiro atoms. The van der Waals surface area contributed by atoms with Crippen LogP contribution in [0, 0.1) is 0 Å². The molecule has 1 aliphatic heterocycles. The van der Waals surface area contributed by atoms with Crippen molar-refractivity contribution in [1.82, 2.24) is 10.2 Å². The molecule has 0 saturated carbocycles. The maximum atomic E-state index is 14.4. The molecule has 240 valence electrons. The number of nitrogens with zero attached hydrogens (tertiary/aromatic N) is 2. The van der Waals surface area contributed by atoms with Gasteiger partial charge in [-0.2, -0.15) is 0 Å². The number of rotatable bonds is 10. The standard InChI is InChI=1S/C33H38ClN3O7S/c1-8-43-23-12-16-28-26(20-23)33(5,25-19-22(11-15-27(25)34)30(39)44-18-17-36(6)7)31(40)37(28)45(41,42)24-13-9-21(10-14-24)29(38)35-32(2,3)4/h9-16,19-20H,8,17-18H2,1-7H3,(H,35,38). The minimum Gasteiger partial charge on any atom is -0.494 e. The van der Waals surface area contributed by atoms with Crippen molar-refractivity contribution in [2.24, 2.45) is 0 Å². The molecule has 0 aromatic heterocycles. The highest BCUT2D eigenvalue weighted by Crippen LogP contribution is 2.51. The third-order valence-corrected chi connectivity index (χ3v) is 9.35. The molecule has 1 atom stereocenters. The summed E-state index contributed by atoms with van der Waals surface area (Å²) in [5.41, 5.74) is -0.991. The van der Waals surface area contributed by atoms with E-state index in [-0.39, 0.29) is 44.8 Å². The van der Waals surface area contributed by atoms with Gasteiger partial charge >= 0.3 is 5.97 Å². The first-order valence-corrected chi connectivity index (χ1v) is 16.2. The second-order valence-corrected chi connectivity index (χ2v) is 14.4. The third kappa shape index (κ3) is 6.85. The predicted molar refractivity (Wildman–Crippen MR) is 173 cm³/mol. The fraction of sp³-hybridized carbons (Fsp3) is 0.364. The minimum atomic E-state index is -4.47. The van der Waals surface area contributed by atoms with Crippen molar-refractivity contribution in [3.05, 3.63) is 87.9 Å². The van der Waals surface area contributed by atoms with E-state index in [9.17, 15) is 22.8 Å². The third-order valence-electron chi connectivity index (χ3n) is 7.30. The number of nitrogens with one attached hydrogen (secondary N) is 1. The molecular weight excluding hydrogens is 618 g/mol. The van der Waals surface area contributed by atoms with Crippen molar-refractivity contribution in [2.45, 2.75) is 50.5 Å². The number of amides is 2. The van der Waals surface area contributed by atoms with E-state index in [1.807, 2.05) is 46.7 Å². The number of carbonyl (C=O) groups is 3. The summed E-state index contributed by atoms with van der Waals surface area (Å²) in [7, 11) is -0.763. The molecule has 0 saturated heterocycles. The number of hydrogen-bond acceptors (Lipinski definition) is 8. The van der Waals surface area contributed by atoms with Gasteiger partial charge in [0.15, 0.2) is 0 Å². The van der Waals surface area contributed by atoms with Gasteiger partial charge in [-0.15, -0.1) is 0 Å². The van der Waals surface area contributed by atoms with Gasteiger partial charge < -0.3 is 19.7 Å². The Bertz CT molecular complexity index is 1730. The number of carbonyl (C=O) groups excluding carboxylic acids is 3. The number of esters is 1. The van der Waals surface area contributed by atoms with Crippen LogP contribution in [0.1, 0.15) is 66.5 Å². The molecule has 0 bridgehead atoms. The Kier molecular flexibility index (Phi) is 9.67. The largest absolute Gasteiger partial charge is 0.494 e.